The number of ether oxygens (including phenoxy) is 2. The molecular weight excluding hydrogens is 352 g/mol. The van der Waals surface area contributed by atoms with Crippen LogP contribution in [0, 0.1) is 0 Å². The molecule has 0 aromatic heterocycles. The average Bonchev–Trinajstić information content (AvgIpc) is 3.24. The lowest BCUT2D eigenvalue weighted by Gasteiger charge is -2.24. The molecule has 1 aliphatic rings. The van der Waals surface area contributed by atoms with Crippen LogP contribution in [0.4, 0.5) is 5.69 Å². The normalized spacial score (nSPS) is 13.5. The molecule has 2 aromatic carbocycles. The maximum Gasteiger partial charge on any atom is 0.254 e. The van der Waals surface area contributed by atoms with Gasteiger partial charge in [0.05, 0.1) is 13.2 Å². The molecular formula is C23H30N2O3. The number of hydrogen-bond acceptors (Lipinski definition) is 4. The molecule has 0 saturated carbocycles. The molecule has 1 aliphatic heterocycles. The van der Waals surface area contributed by atoms with Crippen LogP contribution in [-0.4, -0.2) is 44.2 Å². The lowest BCUT2D eigenvalue weighted by Crippen LogP contribution is -2.28. The van der Waals surface area contributed by atoms with Crippen LogP contribution in [-0.2, 0) is 6.54 Å². The zero-order valence-electron chi connectivity index (χ0n) is 17.1. The molecule has 2 aromatic rings. The van der Waals surface area contributed by atoms with Gasteiger partial charge in [-0.2, -0.15) is 0 Å². The average molecular weight is 383 g/mol. The van der Waals surface area contributed by atoms with Crippen molar-refractivity contribution in [2.45, 2.75) is 33.2 Å². The zero-order valence-corrected chi connectivity index (χ0v) is 17.1. The number of nitrogens with zero attached hydrogens (tertiary/aromatic N) is 2. The molecule has 0 atom stereocenters. The number of amides is 1. The van der Waals surface area contributed by atoms with Gasteiger partial charge in [-0.15, -0.1) is 0 Å². The molecule has 150 valence electrons. The summed E-state index contributed by atoms with van der Waals surface area (Å²) < 4.78 is 11.3. The Bertz CT molecular complexity index is 800. The van der Waals surface area contributed by atoms with Gasteiger partial charge >= 0.3 is 0 Å². The lowest BCUT2D eigenvalue weighted by molar-refractivity contribution is 0.0784. The molecule has 1 heterocycles. The Morgan fingerprint density at radius 3 is 2.39 bits per heavy atom. The van der Waals surface area contributed by atoms with Gasteiger partial charge in [-0.1, -0.05) is 18.2 Å². The summed E-state index contributed by atoms with van der Waals surface area (Å²) in [6.45, 7) is 7.68. The van der Waals surface area contributed by atoms with Crippen molar-refractivity contribution >= 4 is 11.6 Å². The van der Waals surface area contributed by atoms with E-state index in [2.05, 4.69) is 23.1 Å². The molecule has 1 fully saturated rings. The second-order valence-corrected chi connectivity index (χ2v) is 7.01. The van der Waals surface area contributed by atoms with E-state index in [1.165, 1.54) is 24.1 Å². The SMILES string of the molecule is CCOc1ccc(C(=O)N(C)Cc2ccccc2N2CCCC2)cc1OCC. The highest BCUT2D eigenvalue weighted by Gasteiger charge is 2.19. The van der Waals surface area contributed by atoms with Crippen molar-refractivity contribution in [2.24, 2.45) is 0 Å². The van der Waals surface area contributed by atoms with Crippen molar-refractivity contribution in [1.29, 1.82) is 0 Å². The van der Waals surface area contributed by atoms with Crippen LogP contribution >= 0.6 is 0 Å². The van der Waals surface area contributed by atoms with Crippen LogP contribution < -0.4 is 14.4 Å². The third-order valence-electron chi connectivity index (χ3n) is 4.98. The maximum absolute atomic E-state index is 13.0. The van der Waals surface area contributed by atoms with Crippen LogP contribution in [0.2, 0.25) is 0 Å². The smallest absolute Gasteiger partial charge is 0.254 e. The number of benzene rings is 2. The molecule has 0 N–H and O–H groups in total. The standard InChI is InChI=1S/C23H30N2O3/c1-4-27-21-13-12-18(16-22(21)28-5-2)23(26)24(3)17-19-10-6-7-11-20(19)25-14-8-9-15-25/h6-7,10-13,16H,4-5,8-9,14-15,17H2,1-3H3. The van der Waals surface area contributed by atoms with Gasteiger partial charge in [0.25, 0.3) is 5.91 Å². The number of carbonyl (C=O) groups is 1. The van der Waals surface area contributed by atoms with E-state index in [9.17, 15) is 4.79 Å². The first-order valence-corrected chi connectivity index (χ1v) is 10.1. The lowest BCUT2D eigenvalue weighted by atomic mass is 10.1. The van der Waals surface area contributed by atoms with Crippen LogP contribution in [0.3, 0.4) is 0 Å². The molecule has 1 amide bonds. The van der Waals surface area contributed by atoms with E-state index in [4.69, 9.17) is 9.47 Å². The largest absolute Gasteiger partial charge is 0.490 e. The minimum Gasteiger partial charge on any atom is -0.490 e. The van der Waals surface area contributed by atoms with Gasteiger partial charge in [0.1, 0.15) is 0 Å². The molecule has 28 heavy (non-hydrogen) atoms. The Labute approximate surface area is 167 Å². The summed E-state index contributed by atoms with van der Waals surface area (Å²) in [6, 6.07) is 13.8. The van der Waals surface area contributed by atoms with Crippen LogP contribution in [0.15, 0.2) is 42.5 Å². The van der Waals surface area contributed by atoms with Crippen molar-refractivity contribution in [3.05, 3.63) is 53.6 Å². The molecule has 0 aliphatic carbocycles. The second-order valence-electron chi connectivity index (χ2n) is 7.01. The van der Waals surface area contributed by atoms with Gasteiger partial charge in [0, 0.05) is 37.9 Å². The summed E-state index contributed by atoms with van der Waals surface area (Å²) in [6.07, 6.45) is 2.46. The van der Waals surface area contributed by atoms with E-state index in [-0.39, 0.29) is 5.91 Å². The summed E-state index contributed by atoms with van der Waals surface area (Å²) >= 11 is 0. The van der Waals surface area contributed by atoms with Gasteiger partial charge in [0.2, 0.25) is 0 Å². The Morgan fingerprint density at radius 1 is 1.00 bits per heavy atom. The Kier molecular flexibility index (Phi) is 6.80. The molecule has 0 radical (unpaired) electrons. The van der Waals surface area contributed by atoms with Gasteiger partial charge < -0.3 is 19.3 Å². The predicted octanol–water partition coefficient (Wildman–Crippen LogP) is 4.36. The number of anilines is 1. The molecule has 5 heteroatoms. The van der Waals surface area contributed by atoms with Gasteiger partial charge in [-0.25, -0.2) is 0 Å². The maximum atomic E-state index is 13.0. The molecule has 1 saturated heterocycles. The summed E-state index contributed by atoms with van der Waals surface area (Å²) in [7, 11) is 1.85. The molecule has 0 unspecified atom stereocenters. The first kappa shape index (κ1) is 20.1. The van der Waals surface area contributed by atoms with Gasteiger partial charge in [0.15, 0.2) is 11.5 Å². The van der Waals surface area contributed by atoms with Gasteiger partial charge in [-0.05, 0) is 56.5 Å². The second kappa shape index (κ2) is 9.49. The monoisotopic (exact) mass is 382 g/mol. The van der Waals surface area contributed by atoms with Crippen molar-refractivity contribution in [2.75, 3.05) is 38.3 Å². The van der Waals surface area contributed by atoms with Crippen molar-refractivity contribution in [3.63, 3.8) is 0 Å². The minimum atomic E-state index is -0.0276. The van der Waals surface area contributed by atoms with E-state index in [0.29, 0.717) is 36.8 Å². The van der Waals surface area contributed by atoms with Gasteiger partial charge in [-0.3, -0.25) is 4.79 Å². The Balaban J connectivity index is 1.77. The fourth-order valence-electron chi connectivity index (χ4n) is 3.64. The third kappa shape index (κ3) is 4.58. The van der Waals surface area contributed by atoms with E-state index < -0.39 is 0 Å². The topological polar surface area (TPSA) is 42.0 Å². The Morgan fingerprint density at radius 2 is 1.68 bits per heavy atom. The highest BCUT2D eigenvalue weighted by atomic mass is 16.5. The van der Waals surface area contributed by atoms with Crippen molar-refractivity contribution < 1.29 is 14.3 Å². The van der Waals surface area contributed by atoms with Crippen molar-refractivity contribution in [1.82, 2.24) is 4.90 Å². The summed E-state index contributed by atoms with van der Waals surface area (Å²) in [5, 5.41) is 0. The summed E-state index contributed by atoms with van der Waals surface area (Å²) in [5.41, 5.74) is 3.02. The number of rotatable bonds is 8. The van der Waals surface area contributed by atoms with Crippen LogP contribution in [0.5, 0.6) is 11.5 Å². The van der Waals surface area contributed by atoms with E-state index >= 15 is 0 Å². The highest BCUT2D eigenvalue weighted by Crippen LogP contribution is 2.30. The highest BCUT2D eigenvalue weighted by molar-refractivity contribution is 5.94. The molecule has 3 rings (SSSR count). The molecule has 5 nitrogen and oxygen atoms in total. The fourth-order valence-corrected chi connectivity index (χ4v) is 3.64. The molecule has 0 spiro atoms. The fraction of sp³-hybridized carbons (Fsp3) is 0.435. The van der Waals surface area contributed by atoms with Crippen molar-refractivity contribution in [3.8, 4) is 11.5 Å². The number of carbonyl (C=O) groups excluding carboxylic acids is 1. The number of hydrogen-bond donors (Lipinski definition) is 0. The van der Waals surface area contributed by atoms with E-state index in [1.807, 2.05) is 33.0 Å². The molecule has 0 bridgehead atoms. The zero-order chi connectivity index (χ0) is 19.9. The van der Waals surface area contributed by atoms with Crippen LogP contribution in [0.1, 0.15) is 42.6 Å². The summed E-state index contributed by atoms with van der Waals surface area (Å²) in [5.74, 6) is 1.25. The minimum absolute atomic E-state index is 0.0276. The van der Waals surface area contributed by atoms with Crippen LogP contribution in [0.25, 0.3) is 0 Å². The van der Waals surface area contributed by atoms with E-state index in [0.717, 1.165) is 13.1 Å². The number of para-hydroxylation sites is 1. The Hall–Kier alpha value is -2.69. The van der Waals surface area contributed by atoms with E-state index in [1.54, 1.807) is 17.0 Å². The third-order valence-corrected chi connectivity index (χ3v) is 4.98. The first-order valence-electron chi connectivity index (χ1n) is 10.1. The summed E-state index contributed by atoms with van der Waals surface area (Å²) in [4.78, 5) is 17.2. The quantitative estimate of drug-likeness (QED) is 0.680. The first-order chi connectivity index (χ1) is 13.6. The predicted molar refractivity (Wildman–Crippen MR) is 112 cm³/mol.